The summed E-state index contributed by atoms with van der Waals surface area (Å²) < 4.78 is 0. The van der Waals surface area contributed by atoms with Crippen molar-refractivity contribution >= 4 is 0 Å². The third-order valence-electron chi connectivity index (χ3n) is 1.14. The Kier molecular flexibility index (Phi) is 1.10. The Morgan fingerprint density at radius 1 is 1.67 bits per heavy atom. The minimum atomic E-state index is 0.981. The minimum absolute atomic E-state index is 0.981. The van der Waals surface area contributed by atoms with Crippen LogP contribution in [0.3, 0.4) is 0 Å². The van der Waals surface area contributed by atoms with E-state index >= 15 is 0 Å². The minimum Gasteiger partial charge on any atom is -0.665 e. The van der Waals surface area contributed by atoms with Crippen LogP contribution in [0.1, 0.15) is 12.8 Å². The Bertz CT molecular complexity index is 39.2. The molecule has 0 N–H and O–H groups in total. The summed E-state index contributed by atoms with van der Waals surface area (Å²) in [7, 11) is 1.89. The maximum absolute atomic E-state index is 4.00. The molecule has 1 heteroatoms. The van der Waals surface area contributed by atoms with Gasteiger partial charge in [0.2, 0.25) is 0 Å². The van der Waals surface area contributed by atoms with Crippen LogP contribution in [0.15, 0.2) is 0 Å². The van der Waals surface area contributed by atoms with Crippen LogP contribution in [0, 0.1) is 5.92 Å². The van der Waals surface area contributed by atoms with Crippen LogP contribution in [-0.2, 0) is 0 Å². The molecule has 1 fully saturated rings. The normalized spacial score (nSPS) is 21.5. The molecule has 0 amide bonds. The first-order chi connectivity index (χ1) is 2.93. The second kappa shape index (κ2) is 1.61. The first kappa shape index (κ1) is 4.13. The molecule has 0 radical (unpaired) electrons. The van der Waals surface area contributed by atoms with Crippen molar-refractivity contribution in [2.45, 2.75) is 12.8 Å². The first-order valence-electron chi connectivity index (χ1n) is 2.49. The van der Waals surface area contributed by atoms with E-state index in [9.17, 15) is 0 Å². The zero-order chi connectivity index (χ0) is 4.41. The summed E-state index contributed by atoms with van der Waals surface area (Å²) in [6, 6.07) is 0. The fraction of sp³-hybridized carbons (Fsp3) is 1.00. The molecule has 36 valence electrons. The zero-order valence-electron chi connectivity index (χ0n) is 4.15. The average Bonchev–Trinajstić information content (AvgIpc) is 2.21. The molecule has 1 rings (SSSR count). The van der Waals surface area contributed by atoms with Crippen LogP contribution < -0.4 is 0 Å². The van der Waals surface area contributed by atoms with Gasteiger partial charge in [0.1, 0.15) is 0 Å². The van der Waals surface area contributed by atoms with E-state index < -0.39 is 0 Å². The molecule has 1 aliphatic carbocycles. The molecule has 6 heavy (non-hydrogen) atoms. The molecular weight excluding hydrogens is 74.1 g/mol. The van der Waals surface area contributed by atoms with E-state index in [4.69, 9.17) is 0 Å². The van der Waals surface area contributed by atoms with E-state index in [0.29, 0.717) is 0 Å². The molecule has 0 heterocycles. The van der Waals surface area contributed by atoms with Crippen LogP contribution >= 0.6 is 0 Å². The molecule has 0 spiro atoms. The Morgan fingerprint density at radius 2 is 2.33 bits per heavy atom. The predicted molar refractivity (Wildman–Crippen MR) is 26.9 cm³/mol. The molecule has 0 atom stereocenters. The maximum Gasteiger partial charge on any atom is -0.0519 e. The molecule has 0 unspecified atom stereocenters. The molecule has 0 aromatic carbocycles. The lowest BCUT2D eigenvalue weighted by atomic mass is 10.4. The van der Waals surface area contributed by atoms with Crippen molar-refractivity contribution in [1.82, 2.24) is 0 Å². The predicted octanol–water partition coefficient (Wildman–Crippen LogP) is 1.40. The van der Waals surface area contributed by atoms with Crippen LogP contribution in [0.2, 0.25) is 0 Å². The van der Waals surface area contributed by atoms with Crippen LogP contribution in [-0.4, -0.2) is 13.6 Å². The van der Waals surface area contributed by atoms with Gasteiger partial charge in [-0.15, -0.1) is 6.54 Å². The Labute approximate surface area is 38.7 Å². The molecule has 1 nitrogen and oxygen atoms in total. The van der Waals surface area contributed by atoms with Crippen LogP contribution in [0.25, 0.3) is 5.32 Å². The number of rotatable bonds is 2. The lowest BCUT2D eigenvalue weighted by Crippen LogP contribution is -1.79. The van der Waals surface area contributed by atoms with Gasteiger partial charge >= 0.3 is 0 Å². The average molecular weight is 84.1 g/mol. The highest BCUT2D eigenvalue weighted by atomic mass is 14.8. The van der Waals surface area contributed by atoms with Gasteiger partial charge in [-0.25, -0.2) is 0 Å². The summed E-state index contributed by atoms with van der Waals surface area (Å²) in [5, 5.41) is 4.00. The van der Waals surface area contributed by atoms with Gasteiger partial charge in [0.25, 0.3) is 0 Å². The highest BCUT2D eigenvalue weighted by Gasteiger charge is 2.15. The second-order valence-electron chi connectivity index (χ2n) is 1.94. The van der Waals surface area contributed by atoms with Gasteiger partial charge in [-0.1, -0.05) is 18.8 Å². The molecule has 0 aromatic rings. The zero-order valence-corrected chi connectivity index (χ0v) is 4.15. The van der Waals surface area contributed by atoms with Crippen molar-refractivity contribution < 1.29 is 0 Å². The molecule has 1 aliphatic rings. The SMILES string of the molecule is C[N-]CC1CC1. The summed E-state index contributed by atoms with van der Waals surface area (Å²) in [4.78, 5) is 0. The van der Waals surface area contributed by atoms with E-state index in [1.165, 1.54) is 12.8 Å². The quantitative estimate of drug-likeness (QED) is 0.480. The summed E-state index contributed by atoms with van der Waals surface area (Å²) >= 11 is 0. The highest BCUT2D eigenvalue weighted by molar-refractivity contribution is 4.84. The van der Waals surface area contributed by atoms with Crippen molar-refractivity contribution in [2.24, 2.45) is 5.92 Å². The van der Waals surface area contributed by atoms with E-state index in [1.807, 2.05) is 7.05 Å². The van der Waals surface area contributed by atoms with Gasteiger partial charge in [0.05, 0.1) is 0 Å². The molecule has 0 aliphatic heterocycles. The number of hydrogen-bond acceptors (Lipinski definition) is 0. The fourth-order valence-electron chi connectivity index (χ4n) is 0.559. The Morgan fingerprint density at radius 3 is 2.50 bits per heavy atom. The van der Waals surface area contributed by atoms with Crippen molar-refractivity contribution in [3.63, 3.8) is 0 Å². The summed E-state index contributed by atoms with van der Waals surface area (Å²) in [5.74, 6) is 0.981. The third kappa shape index (κ3) is 0.977. The Balaban J connectivity index is 1.88. The van der Waals surface area contributed by atoms with E-state index in [-0.39, 0.29) is 0 Å². The molecule has 0 saturated heterocycles. The standard InChI is InChI=1S/C5H10N/c1-6-4-5-2-3-5/h5H,2-4H2,1H3/q-1. The second-order valence-corrected chi connectivity index (χ2v) is 1.94. The lowest BCUT2D eigenvalue weighted by Gasteiger charge is -2.06. The highest BCUT2D eigenvalue weighted by Crippen LogP contribution is 2.29. The van der Waals surface area contributed by atoms with Gasteiger partial charge in [-0.3, -0.25) is 0 Å². The topological polar surface area (TPSA) is 14.1 Å². The molecular formula is C5H10N-. The fourth-order valence-corrected chi connectivity index (χ4v) is 0.559. The van der Waals surface area contributed by atoms with Crippen molar-refractivity contribution in [2.75, 3.05) is 13.6 Å². The number of hydrogen-bond donors (Lipinski definition) is 0. The molecule has 1 saturated carbocycles. The smallest absolute Gasteiger partial charge is 0.0519 e. The summed E-state index contributed by atoms with van der Waals surface area (Å²) in [6.07, 6.45) is 2.86. The van der Waals surface area contributed by atoms with Gasteiger partial charge in [-0.2, -0.15) is 7.05 Å². The third-order valence-corrected chi connectivity index (χ3v) is 1.14. The largest absolute Gasteiger partial charge is 0.665 e. The molecule has 0 bridgehead atoms. The van der Waals surface area contributed by atoms with Gasteiger partial charge in [0, 0.05) is 0 Å². The Hall–Kier alpha value is -0.0400. The monoisotopic (exact) mass is 84.1 g/mol. The van der Waals surface area contributed by atoms with E-state index in [0.717, 1.165) is 12.5 Å². The number of nitrogens with zero attached hydrogens (tertiary/aromatic N) is 1. The maximum atomic E-state index is 4.00. The van der Waals surface area contributed by atoms with Gasteiger partial charge in [-0.05, 0) is 0 Å². The van der Waals surface area contributed by atoms with Crippen molar-refractivity contribution in [3.8, 4) is 0 Å². The molecule has 0 aromatic heterocycles. The van der Waals surface area contributed by atoms with Crippen LogP contribution in [0.4, 0.5) is 0 Å². The first-order valence-corrected chi connectivity index (χ1v) is 2.49. The van der Waals surface area contributed by atoms with E-state index in [2.05, 4.69) is 5.32 Å². The lowest BCUT2D eigenvalue weighted by molar-refractivity contribution is 0.907. The van der Waals surface area contributed by atoms with Gasteiger partial charge in [0.15, 0.2) is 0 Å². The van der Waals surface area contributed by atoms with Crippen LogP contribution in [0.5, 0.6) is 0 Å². The summed E-state index contributed by atoms with van der Waals surface area (Å²) in [6.45, 7) is 1.11. The van der Waals surface area contributed by atoms with Crippen molar-refractivity contribution in [1.29, 1.82) is 0 Å². The van der Waals surface area contributed by atoms with E-state index in [1.54, 1.807) is 0 Å². The van der Waals surface area contributed by atoms with Crippen molar-refractivity contribution in [3.05, 3.63) is 5.32 Å². The summed E-state index contributed by atoms with van der Waals surface area (Å²) in [5.41, 5.74) is 0. The van der Waals surface area contributed by atoms with Gasteiger partial charge < -0.3 is 5.32 Å².